The first kappa shape index (κ1) is 16.6. The van der Waals surface area contributed by atoms with Crippen LogP contribution in [-0.4, -0.2) is 23.4 Å². The molecule has 1 heterocycles. The molecule has 3 nitrogen and oxygen atoms in total. The summed E-state index contributed by atoms with van der Waals surface area (Å²) in [6.07, 6.45) is 3.03. The Morgan fingerprint density at radius 3 is 2.75 bits per heavy atom. The van der Waals surface area contributed by atoms with Gasteiger partial charge >= 0.3 is 0 Å². The monoisotopic (exact) mass is 322 g/mol. The third-order valence-corrected chi connectivity index (χ3v) is 4.92. The van der Waals surface area contributed by atoms with E-state index >= 15 is 0 Å². The Hall–Kier alpha value is -2.29. The molecule has 0 bridgehead atoms. The van der Waals surface area contributed by atoms with Gasteiger partial charge in [-0.1, -0.05) is 19.1 Å². The fraction of sp³-hybridized carbons (Fsp3) is 0.381. The number of hydrogen-bond acceptors (Lipinski definition) is 3. The van der Waals surface area contributed by atoms with Crippen molar-refractivity contribution in [1.82, 2.24) is 0 Å². The maximum absolute atomic E-state index is 9.53. The Labute approximate surface area is 144 Å². The van der Waals surface area contributed by atoms with E-state index in [0.717, 1.165) is 24.2 Å². The molecule has 0 saturated carbocycles. The summed E-state index contributed by atoms with van der Waals surface area (Å²) in [7, 11) is 0. The number of rotatable bonds is 3. The van der Waals surface area contributed by atoms with Gasteiger partial charge in [0.1, 0.15) is 5.75 Å². The molecule has 0 amide bonds. The minimum atomic E-state index is 0.193. The van der Waals surface area contributed by atoms with Gasteiger partial charge in [0, 0.05) is 30.1 Å². The Kier molecular flexibility index (Phi) is 4.35. The van der Waals surface area contributed by atoms with Gasteiger partial charge in [0.05, 0.1) is 5.69 Å². The van der Waals surface area contributed by atoms with E-state index in [1.165, 1.54) is 11.3 Å². The van der Waals surface area contributed by atoms with Crippen LogP contribution in [0, 0.1) is 0 Å². The zero-order valence-electron chi connectivity index (χ0n) is 15.0. The van der Waals surface area contributed by atoms with Crippen molar-refractivity contribution in [3.05, 3.63) is 53.6 Å². The molecular formula is C21H26N2O. The molecule has 0 radical (unpaired) electrons. The van der Waals surface area contributed by atoms with Crippen molar-refractivity contribution in [2.24, 2.45) is 4.99 Å². The van der Waals surface area contributed by atoms with Crippen LogP contribution in [0.4, 0.5) is 11.4 Å². The van der Waals surface area contributed by atoms with Crippen molar-refractivity contribution in [2.45, 2.75) is 45.6 Å². The predicted octanol–water partition coefficient (Wildman–Crippen LogP) is 5.25. The van der Waals surface area contributed by atoms with Crippen molar-refractivity contribution in [2.75, 3.05) is 11.4 Å². The number of hydrogen-bond donors (Lipinski definition) is 1. The molecule has 126 valence electrons. The lowest BCUT2D eigenvalue weighted by Gasteiger charge is -2.47. The third kappa shape index (κ3) is 3.16. The molecule has 3 heteroatoms. The van der Waals surface area contributed by atoms with Gasteiger partial charge in [-0.2, -0.15) is 0 Å². The summed E-state index contributed by atoms with van der Waals surface area (Å²) < 4.78 is 0. The molecule has 1 unspecified atom stereocenters. The second-order valence-corrected chi connectivity index (χ2v) is 7.26. The average Bonchev–Trinajstić information content (AvgIpc) is 2.53. The molecule has 2 aromatic rings. The van der Waals surface area contributed by atoms with Crippen LogP contribution < -0.4 is 4.90 Å². The molecule has 1 aliphatic rings. The van der Waals surface area contributed by atoms with Crippen LogP contribution in [-0.2, 0) is 0 Å². The molecule has 24 heavy (non-hydrogen) atoms. The van der Waals surface area contributed by atoms with Crippen molar-refractivity contribution in [3.8, 4) is 5.75 Å². The second kappa shape index (κ2) is 6.31. The number of fused-ring (bicyclic) bond motifs is 1. The first-order chi connectivity index (χ1) is 11.4. The van der Waals surface area contributed by atoms with Crippen LogP contribution in [0.2, 0.25) is 0 Å². The summed E-state index contributed by atoms with van der Waals surface area (Å²) in [4.78, 5) is 6.98. The fourth-order valence-corrected chi connectivity index (χ4v) is 3.91. The van der Waals surface area contributed by atoms with Crippen LogP contribution in [0.15, 0.2) is 47.5 Å². The van der Waals surface area contributed by atoms with Gasteiger partial charge < -0.3 is 10.0 Å². The van der Waals surface area contributed by atoms with E-state index in [0.29, 0.717) is 5.92 Å². The number of nitrogens with zero attached hydrogens (tertiary/aromatic N) is 2. The molecule has 1 aliphatic heterocycles. The lowest BCUT2D eigenvalue weighted by molar-refractivity contribution is 0.381. The Balaban J connectivity index is 1.93. The van der Waals surface area contributed by atoms with Crippen LogP contribution in [0.25, 0.3) is 0 Å². The number of aliphatic imine (C=N–C) groups is 1. The highest BCUT2D eigenvalue weighted by Gasteiger charge is 2.35. The van der Waals surface area contributed by atoms with Crippen molar-refractivity contribution >= 4 is 17.6 Å². The summed E-state index contributed by atoms with van der Waals surface area (Å²) in [5, 5.41) is 9.53. The van der Waals surface area contributed by atoms with Gasteiger partial charge in [-0.05, 0) is 68.5 Å². The summed E-state index contributed by atoms with van der Waals surface area (Å²) in [5.41, 5.74) is 4.79. The quantitative estimate of drug-likeness (QED) is 0.783. The fourth-order valence-electron chi connectivity index (χ4n) is 3.91. The zero-order chi connectivity index (χ0) is 17.3. The van der Waals surface area contributed by atoms with E-state index in [1.54, 1.807) is 18.2 Å². The van der Waals surface area contributed by atoms with Gasteiger partial charge in [0.15, 0.2) is 0 Å². The minimum Gasteiger partial charge on any atom is -0.508 e. The Morgan fingerprint density at radius 1 is 1.25 bits per heavy atom. The molecule has 1 N–H and O–H groups in total. The predicted molar refractivity (Wildman–Crippen MR) is 102 cm³/mol. The number of benzene rings is 2. The van der Waals surface area contributed by atoms with Gasteiger partial charge in [0.2, 0.25) is 0 Å². The van der Waals surface area contributed by atoms with Crippen LogP contribution in [0.3, 0.4) is 0 Å². The molecular weight excluding hydrogens is 296 g/mol. The lowest BCUT2D eigenvalue weighted by Crippen LogP contribution is -2.48. The number of phenolic OH excluding ortho intramolecular Hbond substituents is 1. The van der Waals surface area contributed by atoms with Crippen molar-refractivity contribution < 1.29 is 5.11 Å². The lowest BCUT2D eigenvalue weighted by atomic mass is 9.79. The molecule has 2 aromatic carbocycles. The largest absolute Gasteiger partial charge is 0.508 e. The molecule has 0 aromatic heterocycles. The smallest absolute Gasteiger partial charge is 0.117 e. The van der Waals surface area contributed by atoms with Crippen LogP contribution in [0.5, 0.6) is 5.75 Å². The highest BCUT2D eigenvalue weighted by Crippen LogP contribution is 2.43. The number of anilines is 1. The highest BCUT2D eigenvalue weighted by molar-refractivity contribution is 5.84. The van der Waals surface area contributed by atoms with Gasteiger partial charge in [-0.3, -0.25) is 4.99 Å². The highest BCUT2D eigenvalue weighted by atomic mass is 16.3. The van der Waals surface area contributed by atoms with E-state index in [-0.39, 0.29) is 11.3 Å². The van der Waals surface area contributed by atoms with Crippen molar-refractivity contribution in [3.63, 3.8) is 0 Å². The van der Waals surface area contributed by atoms with E-state index < -0.39 is 0 Å². The van der Waals surface area contributed by atoms with Gasteiger partial charge in [-0.25, -0.2) is 0 Å². The molecule has 0 fully saturated rings. The summed E-state index contributed by atoms with van der Waals surface area (Å²) in [5.74, 6) is 0.774. The first-order valence-electron chi connectivity index (χ1n) is 8.65. The Morgan fingerprint density at radius 2 is 2.04 bits per heavy atom. The minimum absolute atomic E-state index is 0.193. The number of phenols is 1. The summed E-state index contributed by atoms with van der Waals surface area (Å²) in [6, 6.07) is 13.6. The zero-order valence-corrected chi connectivity index (χ0v) is 15.0. The van der Waals surface area contributed by atoms with Crippen molar-refractivity contribution in [1.29, 1.82) is 0 Å². The second-order valence-electron chi connectivity index (χ2n) is 7.26. The topological polar surface area (TPSA) is 35.8 Å². The maximum Gasteiger partial charge on any atom is 0.117 e. The summed E-state index contributed by atoms with van der Waals surface area (Å²) in [6.45, 7) is 10.2. The molecule has 0 saturated heterocycles. The normalized spacial score (nSPS) is 19.5. The van der Waals surface area contributed by atoms with Crippen LogP contribution >= 0.6 is 0 Å². The molecule has 3 rings (SSSR count). The van der Waals surface area contributed by atoms with E-state index in [1.807, 2.05) is 12.3 Å². The Bertz CT molecular complexity index is 764. The SMILES string of the molecule is CCN1c2ccc(C=Nc3cccc(O)c3)cc2C(C)CC1(C)C. The average molecular weight is 322 g/mol. The third-order valence-electron chi connectivity index (χ3n) is 4.92. The van der Waals surface area contributed by atoms with E-state index in [2.05, 4.69) is 55.8 Å². The first-order valence-corrected chi connectivity index (χ1v) is 8.65. The number of aromatic hydroxyl groups is 1. The maximum atomic E-state index is 9.53. The summed E-state index contributed by atoms with van der Waals surface area (Å²) >= 11 is 0. The van der Waals surface area contributed by atoms with E-state index in [4.69, 9.17) is 0 Å². The molecule has 0 aliphatic carbocycles. The van der Waals surface area contributed by atoms with Gasteiger partial charge in [-0.15, -0.1) is 0 Å². The van der Waals surface area contributed by atoms with E-state index in [9.17, 15) is 5.11 Å². The molecule has 0 spiro atoms. The van der Waals surface area contributed by atoms with Gasteiger partial charge in [0.25, 0.3) is 0 Å². The van der Waals surface area contributed by atoms with Crippen LogP contribution in [0.1, 0.15) is 51.2 Å². The molecule has 1 atom stereocenters. The standard InChI is InChI=1S/C21H26N2O/c1-5-23-20-10-9-16(11-19(20)15(2)13-21(23,3)4)14-22-17-7-6-8-18(24)12-17/h6-12,14-15,24H,5,13H2,1-4H3.